The predicted molar refractivity (Wildman–Crippen MR) is 85.6 cm³/mol. The van der Waals surface area contributed by atoms with Gasteiger partial charge in [-0.3, -0.25) is 9.58 Å². The van der Waals surface area contributed by atoms with Gasteiger partial charge in [-0.2, -0.15) is 5.10 Å². The van der Waals surface area contributed by atoms with E-state index in [1.165, 1.54) is 39.0 Å². The highest BCUT2D eigenvalue weighted by molar-refractivity contribution is 4.98. The Labute approximate surface area is 132 Å². The molecule has 122 valence electrons. The number of nitrogens with zero attached hydrogens (tertiary/aromatic N) is 4. The molecule has 22 heavy (non-hydrogen) atoms. The quantitative estimate of drug-likeness (QED) is 0.892. The predicted octanol–water partition coefficient (Wildman–Crippen LogP) is 1.22. The third-order valence-electron chi connectivity index (χ3n) is 6.21. The molecule has 3 heterocycles. The van der Waals surface area contributed by atoms with E-state index in [0.717, 1.165) is 24.8 Å². The smallest absolute Gasteiger partial charge is 0.0781 e. The van der Waals surface area contributed by atoms with E-state index in [1.807, 2.05) is 23.1 Å². The molecular formula is C17H28N4O. The molecule has 0 amide bonds. The minimum absolute atomic E-state index is 0.175. The van der Waals surface area contributed by atoms with Gasteiger partial charge in [0.05, 0.1) is 12.1 Å². The van der Waals surface area contributed by atoms with Gasteiger partial charge in [-0.05, 0) is 63.7 Å². The number of fused-ring (bicyclic) bond motifs is 1. The van der Waals surface area contributed by atoms with Crippen molar-refractivity contribution in [3.8, 4) is 0 Å². The summed E-state index contributed by atoms with van der Waals surface area (Å²) < 4.78 is 1.97. The lowest BCUT2D eigenvalue weighted by atomic mass is 9.77. The van der Waals surface area contributed by atoms with Crippen LogP contribution in [0, 0.1) is 11.8 Å². The Hall–Kier alpha value is -0.910. The highest BCUT2D eigenvalue weighted by atomic mass is 16.3. The summed E-state index contributed by atoms with van der Waals surface area (Å²) in [6.45, 7) is 4.88. The number of aromatic nitrogens is 2. The molecule has 1 N–H and O–H groups in total. The molecule has 0 spiro atoms. The largest absolute Gasteiger partial charge is 0.391 e. The van der Waals surface area contributed by atoms with E-state index in [2.05, 4.69) is 21.9 Å². The Kier molecular flexibility index (Phi) is 3.96. The summed E-state index contributed by atoms with van der Waals surface area (Å²) in [7, 11) is 2.23. The monoisotopic (exact) mass is 304 g/mol. The first-order valence-electron chi connectivity index (χ1n) is 8.80. The molecule has 4 atom stereocenters. The lowest BCUT2D eigenvalue weighted by molar-refractivity contribution is 0.0306. The minimum Gasteiger partial charge on any atom is -0.391 e. The van der Waals surface area contributed by atoms with Crippen molar-refractivity contribution in [3.05, 3.63) is 18.5 Å². The van der Waals surface area contributed by atoms with E-state index >= 15 is 0 Å². The molecule has 2 aliphatic heterocycles. The molecule has 0 unspecified atom stereocenters. The summed E-state index contributed by atoms with van der Waals surface area (Å²) in [5, 5.41) is 14.9. The summed E-state index contributed by atoms with van der Waals surface area (Å²) in [4.78, 5) is 5.16. The fraction of sp³-hybridized carbons (Fsp3) is 0.824. The van der Waals surface area contributed by atoms with Crippen LogP contribution in [-0.4, -0.2) is 70.1 Å². The van der Waals surface area contributed by atoms with Crippen molar-refractivity contribution in [1.82, 2.24) is 19.6 Å². The van der Waals surface area contributed by atoms with Gasteiger partial charge in [0.2, 0.25) is 0 Å². The number of aliphatic hydroxyl groups is 1. The Bertz CT molecular complexity index is 483. The molecule has 3 aliphatic rings. The van der Waals surface area contributed by atoms with Crippen LogP contribution < -0.4 is 0 Å². The summed E-state index contributed by atoms with van der Waals surface area (Å²) in [6, 6.07) is 2.90. The van der Waals surface area contributed by atoms with E-state index in [1.54, 1.807) is 0 Å². The molecule has 0 aromatic carbocycles. The van der Waals surface area contributed by atoms with Crippen LogP contribution >= 0.6 is 0 Å². The van der Waals surface area contributed by atoms with Gasteiger partial charge in [0.1, 0.15) is 0 Å². The van der Waals surface area contributed by atoms with Crippen LogP contribution in [0.15, 0.2) is 18.5 Å². The van der Waals surface area contributed by atoms with Crippen molar-refractivity contribution in [1.29, 1.82) is 0 Å². The zero-order valence-corrected chi connectivity index (χ0v) is 13.5. The maximum atomic E-state index is 10.5. The van der Waals surface area contributed by atoms with Crippen molar-refractivity contribution in [3.63, 3.8) is 0 Å². The molecule has 4 rings (SSSR count). The van der Waals surface area contributed by atoms with Crippen LogP contribution in [0.3, 0.4) is 0 Å². The normalized spacial score (nSPS) is 38.3. The van der Waals surface area contributed by atoms with Gasteiger partial charge >= 0.3 is 0 Å². The van der Waals surface area contributed by atoms with Crippen LogP contribution in [0.2, 0.25) is 0 Å². The van der Waals surface area contributed by atoms with Crippen molar-refractivity contribution >= 4 is 0 Å². The molecule has 5 nitrogen and oxygen atoms in total. The summed E-state index contributed by atoms with van der Waals surface area (Å²) in [5.41, 5.74) is 0. The average molecular weight is 304 g/mol. The standard InChI is InChI=1S/C17H28N4O/c1-19-7-3-15(4-8-19)20-11-13-9-16(21-6-2-5-18-21)17(22)10-14(13)12-20/h2,5-6,13-17,22H,3-4,7-12H2,1H3/t13-,14+,16-,17-/m0/s1. The fourth-order valence-corrected chi connectivity index (χ4v) is 4.86. The van der Waals surface area contributed by atoms with E-state index in [4.69, 9.17) is 0 Å². The highest BCUT2D eigenvalue weighted by Gasteiger charge is 2.44. The van der Waals surface area contributed by atoms with Gasteiger partial charge in [-0.1, -0.05) is 0 Å². The molecule has 1 aromatic heterocycles. The van der Waals surface area contributed by atoms with Crippen LogP contribution in [0.1, 0.15) is 31.7 Å². The van der Waals surface area contributed by atoms with Gasteiger partial charge < -0.3 is 10.0 Å². The maximum absolute atomic E-state index is 10.5. The lowest BCUT2D eigenvalue weighted by Crippen LogP contribution is -2.42. The van der Waals surface area contributed by atoms with Crippen LogP contribution in [-0.2, 0) is 0 Å². The van der Waals surface area contributed by atoms with Gasteiger partial charge in [0, 0.05) is 31.5 Å². The van der Waals surface area contributed by atoms with Gasteiger partial charge in [0.25, 0.3) is 0 Å². The SMILES string of the molecule is CN1CCC(N2C[C@H]3C[C@H](O)[C@@H](n4cccn4)C[C@H]3C2)CC1. The van der Waals surface area contributed by atoms with Crippen molar-refractivity contribution < 1.29 is 5.11 Å². The summed E-state index contributed by atoms with van der Waals surface area (Å²) >= 11 is 0. The highest BCUT2D eigenvalue weighted by Crippen LogP contribution is 2.42. The minimum atomic E-state index is -0.237. The van der Waals surface area contributed by atoms with E-state index in [0.29, 0.717) is 5.92 Å². The molecule has 3 fully saturated rings. The van der Waals surface area contributed by atoms with E-state index in [9.17, 15) is 5.11 Å². The summed E-state index contributed by atoms with van der Waals surface area (Å²) in [6.07, 6.45) is 8.21. The molecular weight excluding hydrogens is 276 g/mol. The number of likely N-dealkylation sites (tertiary alicyclic amines) is 2. The Morgan fingerprint density at radius 2 is 1.82 bits per heavy atom. The number of aliphatic hydroxyl groups excluding tert-OH is 1. The molecule has 5 heteroatoms. The van der Waals surface area contributed by atoms with Crippen LogP contribution in [0.25, 0.3) is 0 Å². The second-order valence-electron chi connectivity index (χ2n) is 7.60. The number of hydrogen-bond donors (Lipinski definition) is 1. The second kappa shape index (κ2) is 5.95. The van der Waals surface area contributed by atoms with Gasteiger partial charge in [-0.25, -0.2) is 0 Å². The first-order valence-corrected chi connectivity index (χ1v) is 8.80. The van der Waals surface area contributed by atoms with E-state index in [-0.39, 0.29) is 12.1 Å². The Morgan fingerprint density at radius 1 is 1.09 bits per heavy atom. The van der Waals surface area contributed by atoms with Crippen molar-refractivity contribution in [2.75, 3.05) is 33.2 Å². The van der Waals surface area contributed by atoms with Crippen molar-refractivity contribution in [2.45, 2.75) is 43.9 Å². The number of piperidine rings is 1. The third-order valence-corrected chi connectivity index (χ3v) is 6.21. The lowest BCUT2D eigenvalue weighted by Gasteiger charge is -2.35. The molecule has 0 bridgehead atoms. The first-order chi connectivity index (χ1) is 10.7. The molecule has 0 radical (unpaired) electrons. The third kappa shape index (κ3) is 2.70. The molecule has 1 saturated carbocycles. The van der Waals surface area contributed by atoms with Crippen molar-refractivity contribution in [2.24, 2.45) is 11.8 Å². The molecule has 1 aromatic rings. The van der Waals surface area contributed by atoms with Gasteiger partial charge in [-0.15, -0.1) is 0 Å². The summed E-state index contributed by atoms with van der Waals surface area (Å²) in [5.74, 6) is 1.42. The molecule has 1 aliphatic carbocycles. The van der Waals surface area contributed by atoms with E-state index < -0.39 is 0 Å². The number of hydrogen-bond acceptors (Lipinski definition) is 4. The van der Waals surface area contributed by atoms with Crippen LogP contribution in [0.5, 0.6) is 0 Å². The Balaban J connectivity index is 1.41. The number of rotatable bonds is 2. The van der Waals surface area contributed by atoms with Crippen LogP contribution in [0.4, 0.5) is 0 Å². The topological polar surface area (TPSA) is 44.5 Å². The van der Waals surface area contributed by atoms with Gasteiger partial charge in [0.15, 0.2) is 0 Å². The molecule has 2 saturated heterocycles. The average Bonchev–Trinajstić information content (AvgIpc) is 3.15. The maximum Gasteiger partial charge on any atom is 0.0781 e. The fourth-order valence-electron chi connectivity index (χ4n) is 4.86. The Morgan fingerprint density at radius 3 is 2.50 bits per heavy atom. The first kappa shape index (κ1) is 14.7. The zero-order valence-electron chi connectivity index (χ0n) is 13.5. The second-order valence-corrected chi connectivity index (χ2v) is 7.60. The zero-order chi connectivity index (χ0) is 15.1.